The third kappa shape index (κ3) is 2.63. The van der Waals surface area contributed by atoms with E-state index in [-0.39, 0.29) is 11.6 Å². The van der Waals surface area contributed by atoms with Crippen molar-refractivity contribution < 1.29 is 14.6 Å². The van der Waals surface area contributed by atoms with Gasteiger partial charge in [0.05, 0.1) is 0 Å². The van der Waals surface area contributed by atoms with Crippen LogP contribution in [-0.2, 0) is 6.42 Å². The third-order valence-electron chi connectivity index (χ3n) is 2.41. The molecule has 2 aromatic rings. The van der Waals surface area contributed by atoms with Crippen molar-refractivity contribution in [3.8, 4) is 11.6 Å². The molecule has 0 radical (unpaired) electrons. The van der Waals surface area contributed by atoms with Crippen LogP contribution >= 0.6 is 0 Å². The normalized spacial score (nSPS) is 10.1. The molecule has 0 saturated carbocycles. The second kappa shape index (κ2) is 5.27. The van der Waals surface area contributed by atoms with Crippen molar-refractivity contribution in [1.82, 2.24) is 9.97 Å². The first-order chi connectivity index (χ1) is 8.70. The van der Waals surface area contributed by atoms with Gasteiger partial charge in [-0.15, -0.1) is 0 Å². The summed E-state index contributed by atoms with van der Waals surface area (Å²) in [5, 5.41) is 8.94. The number of benzene rings is 1. The summed E-state index contributed by atoms with van der Waals surface area (Å²) in [5.41, 5.74) is 0.983. The second-order valence-electron chi connectivity index (χ2n) is 3.61. The molecule has 92 valence electrons. The molecule has 0 unspecified atom stereocenters. The molecule has 1 heterocycles. The van der Waals surface area contributed by atoms with Crippen LogP contribution in [-0.4, -0.2) is 21.0 Å². The first-order valence-electron chi connectivity index (χ1n) is 5.51. The topological polar surface area (TPSA) is 72.3 Å². The Kier molecular flexibility index (Phi) is 3.52. The average Bonchev–Trinajstić information content (AvgIpc) is 2.40. The first-order valence-corrected chi connectivity index (χ1v) is 5.51. The Balaban J connectivity index is 2.25. The molecule has 0 amide bonds. The molecule has 0 aliphatic carbocycles. The molecule has 0 fully saturated rings. The van der Waals surface area contributed by atoms with Gasteiger partial charge in [-0.05, 0) is 24.1 Å². The van der Waals surface area contributed by atoms with Crippen molar-refractivity contribution in [3.05, 3.63) is 47.9 Å². The Labute approximate surface area is 104 Å². The van der Waals surface area contributed by atoms with Crippen LogP contribution in [0.5, 0.6) is 11.6 Å². The average molecular weight is 244 g/mol. The molecule has 5 nitrogen and oxygen atoms in total. The lowest BCUT2D eigenvalue weighted by molar-refractivity contribution is 0.0686. The Hall–Kier alpha value is -2.43. The Morgan fingerprint density at radius 3 is 2.50 bits per heavy atom. The van der Waals surface area contributed by atoms with Crippen LogP contribution in [0.1, 0.15) is 23.0 Å². The number of nitrogens with zero attached hydrogens (tertiary/aromatic N) is 2. The number of rotatable bonds is 4. The second-order valence-corrected chi connectivity index (χ2v) is 3.61. The summed E-state index contributed by atoms with van der Waals surface area (Å²) in [6.07, 6.45) is 3.64. The number of carboxylic acids is 1. The van der Waals surface area contributed by atoms with Crippen molar-refractivity contribution in [2.75, 3.05) is 0 Å². The quantitative estimate of drug-likeness (QED) is 0.894. The van der Waals surface area contributed by atoms with Gasteiger partial charge in [0.2, 0.25) is 5.69 Å². The molecule has 1 N–H and O–H groups in total. The zero-order chi connectivity index (χ0) is 13.0. The number of carbonyl (C=O) groups is 1. The molecular formula is C13H12N2O3. The highest BCUT2D eigenvalue weighted by Crippen LogP contribution is 2.22. The fourth-order valence-corrected chi connectivity index (χ4v) is 1.45. The van der Waals surface area contributed by atoms with Crippen LogP contribution in [0, 0.1) is 0 Å². The van der Waals surface area contributed by atoms with E-state index < -0.39 is 5.97 Å². The molecule has 0 bridgehead atoms. The summed E-state index contributed by atoms with van der Waals surface area (Å²) in [6.45, 7) is 2.06. The van der Waals surface area contributed by atoms with E-state index in [1.54, 1.807) is 12.1 Å². The van der Waals surface area contributed by atoms with Crippen molar-refractivity contribution in [3.63, 3.8) is 0 Å². The lowest BCUT2D eigenvalue weighted by Gasteiger charge is -2.06. The van der Waals surface area contributed by atoms with Crippen molar-refractivity contribution in [1.29, 1.82) is 0 Å². The SMILES string of the molecule is CCc1ccc(Oc2nccnc2C(=O)O)cc1. The van der Waals surface area contributed by atoms with Crippen LogP contribution in [0.4, 0.5) is 0 Å². The first kappa shape index (κ1) is 12.0. The van der Waals surface area contributed by atoms with Gasteiger partial charge >= 0.3 is 5.97 Å². The smallest absolute Gasteiger partial charge is 0.360 e. The maximum Gasteiger partial charge on any atom is 0.360 e. The van der Waals surface area contributed by atoms with Crippen LogP contribution in [0.15, 0.2) is 36.7 Å². The maximum absolute atomic E-state index is 10.9. The van der Waals surface area contributed by atoms with Crippen LogP contribution in [0.3, 0.4) is 0 Å². The molecule has 0 aliphatic rings. The summed E-state index contributed by atoms with van der Waals surface area (Å²) in [5.74, 6) is -0.632. The summed E-state index contributed by atoms with van der Waals surface area (Å²) in [4.78, 5) is 18.5. The van der Waals surface area contributed by atoms with E-state index in [1.807, 2.05) is 12.1 Å². The van der Waals surface area contributed by atoms with E-state index in [4.69, 9.17) is 9.84 Å². The summed E-state index contributed by atoms with van der Waals surface area (Å²) in [7, 11) is 0. The van der Waals surface area contributed by atoms with E-state index >= 15 is 0 Å². The number of ether oxygens (including phenoxy) is 1. The molecule has 1 aromatic heterocycles. The van der Waals surface area contributed by atoms with Gasteiger partial charge in [0.1, 0.15) is 5.75 Å². The van der Waals surface area contributed by atoms with Gasteiger partial charge in [0.15, 0.2) is 0 Å². The lowest BCUT2D eigenvalue weighted by Crippen LogP contribution is -2.04. The molecule has 18 heavy (non-hydrogen) atoms. The number of aryl methyl sites for hydroxylation is 1. The predicted molar refractivity (Wildman–Crippen MR) is 64.9 cm³/mol. The van der Waals surface area contributed by atoms with Gasteiger partial charge in [-0.3, -0.25) is 0 Å². The lowest BCUT2D eigenvalue weighted by atomic mass is 10.2. The third-order valence-corrected chi connectivity index (χ3v) is 2.41. The number of hydrogen-bond acceptors (Lipinski definition) is 4. The zero-order valence-electron chi connectivity index (χ0n) is 9.83. The minimum Gasteiger partial charge on any atom is -0.476 e. The van der Waals surface area contributed by atoms with E-state index in [0.717, 1.165) is 6.42 Å². The van der Waals surface area contributed by atoms with E-state index in [1.165, 1.54) is 18.0 Å². The summed E-state index contributed by atoms with van der Waals surface area (Å²) in [6, 6.07) is 7.40. The van der Waals surface area contributed by atoms with Gasteiger partial charge in [-0.1, -0.05) is 19.1 Å². The van der Waals surface area contributed by atoms with Crippen LogP contribution in [0.25, 0.3) is 0 Å². The van der Waals surface area contributed by atoms with Crippen molar-refractivity contribution in [2.45, 2.75) is 13.3 Å². The minimum atomic E-state index is -1.16. The van der Waals surface area contributed by atoms with Gasteiger partial charge in [0, 0.05) is 12.4 Å². The number of aromatic nitrogens is 2. The monoisotopic (exact) mass is 244 g/mol. The fraction of sp³-hybridized carbons (Fsp3) is 0.154. The van der Waals surface area contributed by atoms with Crippen LogP contribution in [0.2, 0.25) is 0 Å². The highest BCUT2D eigenvalue weighted by molar-refractivity contribution is 5.87. The zero-order valence-corrected chi connectivity index (χ0v) is 9.83. The fourth-order valence-electron chi connectivity index (χ4n) is 1.45. The maximum atomic E-state index is 10.9. The highest BCUT2D eigenvalue weighted by Gasteiger charge is 2.14. The molecule has 0 spiro atoms. The Morgan fingerprint density at radius 2 is 1.89 bits per heavy atom. The van der Waals surface area contributed by atoms with E-state index in [0.29, 0.717) is 5.75 Å². The molecule has 5 heteroatoms. The molecular weight excluding hydrogens is 232 g/mol. The summed E-state index contributed by atoms with van der Waals surface area (Å²) < 4.78 is 5.42. The van der Waals surface area contributed by atoms with Crippen LogP contribution < -0.4 is 4.74 Å². The molecule has 0 aliphatic heterocycles. The summed E-state index contributed by atoms with van der Waals surface area (Å²) >= 11 is 0. The molecule has 0 saturated heterocycles. The number of aromatic carboxylic acids is 1. The van der Waals surface area contributed by atoms with Gasteiger partial charge in [-0.2, -0.15) is 0 Å². The molecule has 1 aromatic carbocycles. The highest BCUT2D eigenvalue weighted by atomic mass is 16.5. The number of carboxylic acid groups (broad SMARTS) is 1. The van der Waals surface area contributed by atoms with E-state index in [9.17, 15) is 4.79 Å². The van der Waals surface area contributed by atoms with Gasteiger partial charge in [-0.25, -0.2) is 14.8 Å². The van der Waals surface area contributed by atoms with Crippen molar-refractivity contribution in [2.24, 2.45) is 0 Å². The standard InChI is InChI=1S/C13H12N2O3/c1-2-9-3-5-10(6-4-9)18-12-11(13(16)17)14-7-8-15-12/h3-8H,2H2,1H3,(H,16,17). The van der Waals surface area contributed by atoms with Gasteiger partial charge < -0.3 is 9.84 Å². The Morgan fingerprint density at radius 1 is 1.22 bits per heavy atom. The predicted octanol–water partition coefficient (Wildman–Crippen LogP) is 2.53. The van der Waals surface area contributed by atoms with Crippen molar-refractivity contribution >= 4 is 5.97 Å². The van der Waals surface area contributed by atoms with E-state index in [2.05, 4.69) is 16.9 Å². The number of hydrogen-bond donors (Lipinski definition) is 1. The Bertz CT molecular complexity index is 552. The molecule has 0 atom stereocenters. The van der Waals surface area contributed by atoms with Gasteiger partial charge in [0.25, 0.3) is 5.88 Å². The largest absolute Gasteiger partial charge is 0.476 e. The minimum absolute atomic E-state index is 0.00533. The molecule has 2 rings (SSSR count).